The number of rotatable bonds is 3. The number of amides is 1. The van der Waals surface area contributed by atoms with Gasteiger partial charge >= 0.3 is 6.36 Å². The number of carbonyl (C=O) groups excluding carboxylic acids is 1. The van der Waals surface area contributed by atoms with Crippen molar-refractivity contribution < 1.29 is 27.4 Å². The zero-order valence-electron chi connectivity index (χ0n) is 14.7. The largest absolute Gasteiger partial charge is 0.573 e. The number of H-pyrrole nitrogens is 1. The Morgan fingerprint density at radius 1 is 1.11 bits per heavy atom. The number of nitrogens with zero attached hydrogens (tertiary/aromatic N) is 1. The number of hydrogen-bond acceptors (Lipinski definition) is 4. The number of nitrogens with one attached hydrogen (secondary N) is 2. The predicted octanol–water partition coefficient (Wildman–Crippen LogP) is 2.90. The van der Waals surface area contributed by atoms with Crippen molar-refractivity contribution in [3.63, 3.8) is 0 Å². The first-order valence-electron chi connectivity index (χ1n) is 8.89. The van der Waals surface area contributed by atoms with Crippen LogP contribution in [0.25, 0.3) is 0 Å². The van der Waals surface area contributed by atoms with Crippen molar-refractivity contribution in [3.8, 4) is 5.75 Å². The Kier molecular flexibility index (Phi) is 4.66. The van der Waals surface area contributed by atoms with Gasteiger partial charge in [-0.1, -0.05) is 12.1 Å². The summed E-state index contributed by atoms with van der Waals surface area (Å²) >= 11 is 0. The molecule has 4 rings (SSSR count). The SMILES string of the molecule is O=C1C[C@@H](c2ccc(OC(F)(F)F)cc2)c2c(n(C3CCOCC3)[nH]c2=O)N1. The summed E-state index contributed by atoms with van der Waals surface area (Å²) < 4.78 is 47.9. The number of aromatic nitrogens is 2. The van der Waals surface area contributed by atoms with E-state index >= 15 is 0 Å². The highest BCUT2D eigenvalue weighted by atomic mass is 19.4. The second-order valence-corrected chi connectivity index (χ2v) is 6.84. The van der Waals surface area contributed by atoms with E-state index in [1.165, 1.54) is 24.3 Å². The van der Waals surface area contributed by atoms with Gasteiger partial charge in [-0.25, -0.2) is 0 Å². The molecule has 150 valence electrons. The van der Waals surface area contributed by atoms with E-state index in [0.29, 0.717) is 43.0 Å². The predicted molar refractivity (Wildman–Crippen MR) is 92.4 cm³/mol. The number of carbonyl (C=O) groups is 1. The van der Waals surface area contributed by atoms with E-state index in [9.17, 15) is 22.8 Å². The Morgan fingerprint density at radius 2 is 1.79 bits per heavy atom. The Labute approximate surface area is 157 Å². The van der Waals surface area contributed by atoms with Gasteiger partial charge in [0.1, 0.15) is 11.6 Å². The molecule has 1 aromatic heterocycles. The van der Waals surface area contributed by atoms with E-state index in [1.54, 1.807) is 4.68 Å². The lowest BCUT2D eigenvalue weighted by molar-refractivity contribution is -0.274. The first-order valence-corrected chi connectivity index (χ1v) is 8.89. The van der Waals surface area contributed by atoms with Crippen LogP contribution in [0, 0.1) is 0 Å². The molecule has 2 aliphatic rings. The number of alkyl halides is 3. The molecule has 2 aliphatic heterocycles. The van der Waals surface area contributed by atoms with Crippen LogP contribution in [-0.4, -0.2) is 35.3 Å². The van der Waals surface area contributed by atoms with Gasteiger partial charge in [-0.2, -0.15) is 0 Å². The molecular formula is C18H18F3N3O4. The molecule has 2 N–H and O–H groups in total. The number of ether oxygens (including phenoxy) is 2. The van der Waals surface area contributed by atoms with Crippen LogP contribution < -0.4 is 15.6 Å². The van der Waals surface area contributed by atoms with Crippen molar-refractivity contribution in [2.45, 2.75) is 37.6 Å². The van der Waals surface area contributed by atoms with Gasteiger partial charge in [-0.15, -0.1) is 13.2 Å². The molecule has 28 heavy (non-hydrogen) atoms. The molecular weight excluding hydrogens is 379 g/mol. The highest BCUT2D eigenvalue weighted by Gasteiger charge is 2.35. The lowest BCUT2D eigenvalue weighted by atomic mass is 9.87. The zero-order chi connectivity index (χ0) is 19.9. The molecule has 2 aromatic rings. The molecule has 0 unspecified atom stereocenters. The smallest absolute Gasteiger partial charge is 0.406 e. The summed E-state index contributed by atoms with van der Waals surface area (Å²) in [4.78, 5) is 24.9. The third-order valence-electron chi connectivity index (χ3n) is 5.03. The van der Waals surface area contributed by atoms with Crippen molar-refractivity contribution in [1.82, 2.24) is 9.78 Å². The minimum absolute atomic E-state index is 0.00631. The molecule has 7 nitrogen and oxygen atoms in total. The standard InChI is InChI=1S/C18H18F3N3O4/c19-18(20,21)28-12-3-1-10(2-4-12)13-9-14(25)22-16-15(13)17(26)23-24(16)11-5-7-27-8-6-11/h1-4,11,13H,5-9H2,(H,22,25)(H,23,26)/t13-/m0/s1. The second-order valence-electron chi connectivity index (χ2n) is 6.84. The minimum Gasteiger partial charge on any atom is -0.406 e. The normalized spacial score (nSPS) is 20.5. The van der Waals surface area contributed by atoms with Crippen LogP contribution >= 0.6 is 0 Å². The fourth-order valence-corrected chi connectivity index (χ4v) is 3.79. The summed E-state index contributed by atoms with van der Waals surface area (Å²) in [6, 6.07) is 5.25. The van der Waals surface area contributed by atoms with Gasteiger partial charge < -0.3 is 14.8 Å². The quantitative estimate of drug-likeness (QED) is 0.834. The Bertz CT molecular complexity index is 927. The van der Waals surface area contributed by atoms with E-state index in [0.717, 1.165) is 0 Å². The number of hydrogen-bond donors (Lipinski definition) is 2. The summed E-state index contributed by atoms with van der Waals surface area (Å²) in [5.41, 5.74) is 0.665. The molecule has 1 fully saturated rings. The number of benzene rings is 1. The van der Waals surface area contributed by atoms with Gasteiger partial charge in [-0.3, -0.25) is 19.4 Å². The number of halogens is 3. The van der Waals surface area contributed by atoms with Crippen molar-refractivity contribution in [1.29, 1.82) is 0 Å². The third kappa shape index (κ3) is 3.64. The van der Waals surface area contributed by atoms with E-state index in [2.05, 4.69) is 15.2 Å². The van der Waals surface area contributed by atoms with Crippen molar-refractivity contribution in [3.05, 3.63) is 45.7 Å². The number of anilines is 1. The van der Waals surface area contributed by atoms with Crippen molar-refractivity contribution >= 4 is 11.7 Å². The molecule has 1 saturated heterocycles. The second kappa shape index (κ2) is 7.01. The van der Waals surface area contributed by atoms with Crippen LogP contribution in [-0.2, 0) is 9.53 Å². The Balaban J connectivity index is 1.68. The molecule has 0 aliphatic carbocycles. The number of aromatic amines is 1. The fourth-order valence-electron chi connectivity index (χ4n) is 3.79. The van der Waals surface area contributed by atoms with Gasteiger partial charge in [0.15, 0.2) is 0 Å². The molecule has 0 spiro atoms. The highest BCUT2D eigenvalue weighted by Crippen LogP contribution is 2.38. The summed E-state index contributed by atoms with van der Waals surface area (Å²) in [6.07, 6.45) is -3.33. The van der Waals surface area contributed by atoms with Crippen LogP contribution in [0.2, 0.25) is 0 Å². The van der Waals surface area contributed by atoms with Gasteiger partial charge in [-0.05, 0) is 30.5 Å². The van der Waals surface area contributed by atoms with Crippen LogP contribution in [0.1, 0.15) is 42.3 Å². The van der Waals surface area contributed by atoms with Crippen molar-refractivity contribution in [2.24, 2.45) is 0 Å². The summed E-state index contributed by atoms with van der Waals surface area (Å²) in [6.45, 7) is 1.13. The molecule has 0 bridgehead atoms. The van der Waals surface area contributed by atoms with Gasteiger partial charge in [0.25, 0.3) is 5.56 Å². The van der Waals surface area contributed by atoms with E-state index in [1.807, 2.05) is 0 Å². The number of fused-ring (bicyclic) bond motifs is 1. The van der Waals surface area contributed by atoms with Crippen LogP contribution in [0.15, 0.2) is 29.1 Å². The molecule has 1 aromatic carbocycles. The lowest BCUT2D eigenvalue weighted by Crippen LogP contribution is -2.28. The molecule has 0 saturated carbocycles. The Hall–Kier alpha value is -2.75. The van der Waals surface area contributed by atoms with Crippen LogP contribution in [0.5, 0.6) is 5.75 Å². The average Bonchev–Trinajstić information content (AvgIpc) is 2.98. The summed E-state index contributed by atoms with van der Waals surface area (Å²) in [7, 11) is 0. The minimum atomic E-state index is -4.78. The first-order chi connectivity index (χ1) is 13.3. The van der Waals surface area contributed by atoms with Gasteiger partial charge in [0.05, 0.1) is 11.6 Å². The topological polar surface area (TPSA) is 85.3 Å². The third-order valence-corrected chi connectivity index (χ3v) is 5.03. The van der Waals surface area contributed by atoms with E-state index in [4.69, 9.17) is 4.74 Å². The maximum atomic E-state index is 12.6. The maximum Gasteiger partial charge on any atom is 0.573 e. The first kappa shape index (κ1) is 18.6. The van der Waals surface area contributed by atoms with Crippen molar-refractivity contribution in [2.75, 3.05) is 18.5 Å². The highest BCUT2D eigenvalue weighted by molar-refractivity contribution is 5.94. The average molecular weight is 397 g/mol. The van der Waals surface area contributed by atoms with Crippen LogP contribution in [0.3, 0.4) is 0 Å². The molecule has 10 heteroatoms. The summed E-state index contributed by atoms with van der Waals surface area (Å²) in [5, 5.41) is 5.57. The molecule has 1 atom stereocenters. The lowest BCUT2D eigenvalue weighted by Gasteiger charge is -2.28. The molecule has 1 amide bonds. The maximum absolute atomic E-state index is 12.6. The van der Waals surface area contributed by atoms with Gasteiger partial charge in [0.2, 0.25) is 5.91 Å². The molecule has 0 radical (unpaired) electrons. The van der Waals surface area contributed by atoms with E-state index < -0.39 is 12.3 Å². The molecule has 3 heterocycles. The fraction of sp³-hybridized carbons (Fsp3) is 0.444. The van der Waals surface area contributed by atoms with Gasteiger partial charge in [0, 0.05) is 25.6 Å². The van der Waals surface area contributed by atoms with E-state index in [-0.39, 0.29) is 29.7 Å². The summed E-state index contributed by atoms with van der Waals surface area (Å²) in [5.74, 6) is -0.736. The monoisotopic (exact) mass is 397 g/mol. The van der Waals surface area contributed by atoms with Crippen LogP contribution in [0.4, 0.5) is 19.0 Å². The zero-order valence-corrected chi connectivity index (χ0v) is 14.7. The Morgan fingerprint density at radius 3 is 2.43 bits per heavy atom.